The van der Waals surface area contributed by atoms with Crippen LogP contribution in [0.4, 0.5) is 10.8 Å². The first-order valence-electron chi connectivity index (χ1n) is 8.00. The zero-order chi connectivity index (χ0) is 19.6. The standard InChI is InChI=1S/C18H17N3O5S/c1-10-4-5-13(11(2)6-10)26-9-16(22)19-18-20-17-14(25-3)7-12(21(23)24)8-15(17)27-18/h4-8H,9H2,1-3H3,(H,19,20,22). The zero-order valence-corrected chi connectivity index (χ0v) is 15.8. The van der Waals surface area contributed by atoms with Gasteiger partial charge in [0.25, 0.3) is 11.6 Å². The van der Waals surface area contributed by atoms with E-state index >= 15 is 0 Å². The van der Waals surface area contributed by atoms with Gasteiger partial charge in [-0.15, -0.1) is 0 Å². The largest absolute Gasteiger partial charge is 0.494 e. The van der Waals surface area contributed by atoms with Gasteiger partial charge >= 0.3 is 0 Å². The number of methoxy groups -OCH3 is 1. The smallest absolute Gasteiger partial charge is 0.274 e. The molecule has 1 amide bonds. The van der Waals surface area contributed by atoms with Gasteiger partial charge in [-0.25, -0.2) is 4.98 Å². The average Bonchev–Trinajstić information content (AvgIpc) is 3.02. The summed E-state index contributed by atoms with van der Waals surface area (Å²) in [5, 5.41) is 14.0. The maximum Gasteiger partial charge on any atom is 0.274 e. The highest BCUT2D eigenvalue weighted by Crippen LogP contribution is 2.36. The summed E-state index contributed by atoms with van der Waals surface area (Å²) in [5.74, 6) is 0.544. The second-order valence-electron chi connectivity index (χ2n) is 5.88. The van der Waals surface area contributed by atoms with E-state index in [9.17, 15) is 14.9 Å². The summed E-state index contributed by atoms with van der Waals surface area (Å²) in [4.78, 5) is 27.0. The van der Waals surface area contributed by atoms with Crippen LogP contribution in [-0.2, 0) is 4.79 Å². The minimum Gasteiger partial charge on any atom is -0.494 e. The quantitative estimate of drug-likeness (QED) is 0.509. The van der Waals surface area contributed by atoms with Crippen LogP contribution in [0.3, 0.4) is 0 Å². The number of aromatic nitrogens is 1. The van der Waals surface area contributed by atoms with Crippen molar-refractivity contribution in [3.8, 4) is 11.5 Å². The van der Waals surface area contributed by atoms with Crippen molar-refractivity contribution in [3.63, 3.8) is 0 Å². The summed E-state index contributed by atoms with van der Waals surface area (Å²) < 4.78 is 11.3. The first-order chi connectivity index (χ1) is 12.9. The number of carbonyl (C=O) groups excluding carboxylic acids is 1. The third kappa shape index (κ3) is 4.14. The number of nitro benzene ring substituents is 1. The Morgan fingerprint density at radius 3 is 2.70 bits per heavy atom. The SMILES string of the molecule is COc1cc([N+](=O)[O-])cc2sc(NC(=O)COc3ccc(C)cc3C)nc12. The van der Waals surface area contributed by atoms with Gasteiger partial charge in [-0.05, 0) is 25.5 Å². The maximum absolute atomic E-state index is 12.2. The molecule has 1 heterocycles. The number of thiazole rings is 1. The molecule has 3 aromatic rings. The number of aryl methyl sites for hydroxylation is 2. The summed E-state index contributed by atoms with van der Waals surface area (Å²) in [6.07, 6.45) is 0. The lowest BCUT2D eigenvalue weighted by atomic mass is 10.1. The van der Waals surface area contributed by atoms with Crippen LogP contribution in [-0.4, -0.2) is 29.5 Å². The molecule has 8 nitrogen and oxygen atoms in total. The fourth-order valence-corrected chi connectivity index (χ4v) is 3.49. The highest BCUT2D eigenvalue weighted by Gasteiger charge is 2.17. The molecule has 0 fully saturated rings. The van der Waals surface area contributed by atoms with Crippen molar-refractivity contribution in [1.29, 1.82) is 0 Å². The molecule has 27 heavy (non-hydrogen) atoms. The molecule has 0 unspecified atom stereocenters. The molecule has 1 N–H and O–H groups in total. The number of fused-ring (bicyclic) bond motifs is 1. The molecule has 3 rings (SSSR count). The molecule has 9 heteroatoms. The van der Waals surface area contributed by atoms with Gasteiger partial charge in [0.05, 0.1) is 22.8 Å². The van der Waals surface area contributed by atoms with E-state index in [1.807, 2.05) is 32.0 Å². The predicted molar refractivity (Wildman–Crippen MR) is 103 cm³/mol. The first kappa shape index (κ1) is 18.6. The van der Waals surface area contributed by atoms with Crippen molar-refractivity contribution in [1.82, 2.24) is 4.98 Å². The Morgan fingerprint density at radius 2 is 2.04 bits per heavy atom. The third-order valence-corrected chi connectivity index (χ3v) is 4.73. The number of amides is 1. The van der Waals surface area contributed by atoms with Crippen LogP contribution in [0.2, 0.25) is 0 Å². The van der Waals surface area contributed by atoms with Gasteiger partial charge in [0.1, 0.15) is 11.3 Å². The predicted octanol–water partition coefficient (Wildman–Crippen LogP) is 3.85. The number of anilines is 1. The molecule has 0 spiro atoms. The number of ether oxygens (including phenoxy) is 2. The molecule has 0 aliphatic carbocycles. The van der Waals surface area contributed by atoms with Crippen molar-refractivity contribution in [2.75, 3.05) is 19.0 Å². The average molecular weight is 387 g/mol. The number of rotatable bonds is 6. The van der Waals surface area contributed by atoms with E-state index in [2.05, 4.69) is 10.3 Å². The highest BCUT2D eigenvalue weighted by atomic mass is 32.1. The Bertz CT molecular complexity index is 1030. The Labute approximate surface area is 158 Å². The highest BCUT2D eigenvalue weighted by molar-refractivity contribution is 7.22. The lowest BCUT2D eigenvalue weighted by Gasteiger charge is -2.09. The molecule has 2 aromatic carbocycles. The molecule has 0 aliphatic heterocycles. The van der Waals surface area contributed by atoms with Crippen LogP contribution < -0.4 is 14.8 Å². The number of nitro groups is 1. The molecule has 0 bridgehead atoms. The van der Waals surface area contributed by atoms with Gasteiger partial charge in [0, 0.05) is 6.07 Å². The van der Waals surface area contributed by atoms with Gasteiger partial charge in [0.15, 0.2) is 17.5 Å². The van der Waals surface area contributed by atoms with E-state index in [1.165, 1.54) is 19.2 Å². The van der Waals surface area contributed by atoms with Crippen LogP contribution in [0, 0.1) is 24.0 Å². The Hall–Kier alpha value is -3.20. The van der Waals surface area contributed by atoms with E-state index in [1.54, 1.807) is 0 Å². The minimum absolute atomic E-state index is 0.0981. The van der Waals surface area contributed by atoms with Gasteiger partial charge < -0.3 is 9.47 Å². The van der Waals surface area contributed by atoms with Gasteiger partial charge in [-0.2, -0.15) is 0 Å². The molecule has 0 aliphatic rings. The van der Waals surface area contributed by atoms with Crippen molar-refractivity contribution < 1.29 is 19.2 Å². The third-order valence-electron chi connectivity index (χ3n) is 3.81. The van der Waals surface area contributed by atoms with E-state index in [4.69, 9.17) is 9.47 Å². The Kier molecular flexibility index (Phi) is 5.22. The normalized spacial score (nSPS) is 10.6. The van der Waals surface area contributed by atoms with Crippen LogP contribution >= 0.6 is 11.3 Å². The number of carbonyl (C=O) groups is 1. The lowest BCUT2D eigenvalue weighted by molar-refractivity contribution is -0.384. The van der Waals surface area contributed by atoms with Crippen LogP contribution in [0.5, 0.6) is 11.5 Å². The second kappa shape index (κ2) is 7.58. The molecule has 0 radical (unpaired) electrons. The van der Waals surface area contributed by atoms with Gasteiger partial charge in [-0.1, -0.05) is 29.0 Å². The Balaban J connectivity index is 1.74. The van der Waals surface area contributed by atoms with Crippen LogP contribution in [0.1, 0.15) is 11.1 Å². The maximum atomic E-state index is 12.2. The summed E-state index contributed by atoms with van der Waals surface area (Å²) >= 11 is 1.13. The lowest BCUT2D eigenvalue weighted by Crippen LogP contribution is -2.20. The molecular weight excluding hydrogens is 370 g/mol. The van der Waals surface area contributed by atoms with Gasteiger partial charge in [-0.3, -0.25) is 20.2 Å². The fourth-order valence-electron chi connectivity index (χ4n) is 2.56. The number of nitrogens with zero attached hydrogens (tertiary/aromatic N) is 2. The molecule has 0 saturated heterocycles. The summed E-state index contributed by atoms with van der Waals surface area (Å²) in [6.45, 7) is 3.72. The molecule has 1 aromatic heterocycles. The molecule has 140 valence electrons. The number of non-ortho nitro benzene ring substituents is 1. The van der Waals surface area contributed by atoms with Crippen molar-refractivity contribution in [2.45, 2.75) is 13.8 Å². The topological polar surface area (TPSA) is 104 Å². The minimum atomic E-state index is -0.502. The van der Waals surface area contributed by atoms with Crippen LogP contribution in [0.15, 0.2) is 30.3 Å². The number of benzene rings is 2. The summed E-state index contributed by atoms with van der Waals surface area (Å²) in [7, 11) is 1.41. The molecule has 0 atom stereocenters. The summed E-state index contributed by atoms with van der Waals surface area (Å²) in [6, 6.07) is 8.40. The van der Waals surface area contributed by atoms with Crippen LogP contribution in [0.25, 0.3) is 10.2 Å². The monoisotopic (exact) mass is 387 g/mol. The van der Waals surface area contributed by atoms with Crippen molar-refractivity contribution in [3.05, 3.63) is 51.6 Å². The fraction of sp³-hybridized carbons (Fsp3) is 0.222. The number of hydrogen-bond donors (Lipinski definition) is 1. The van der Waals surface area contributed by atoms with Gasteiger partial charge in [0.2, 0.25) is 0 Å². The summed E-state index contributed by atoms with van der Waals surface area (Å²) in [5.41, 5.74) is 2.42. The first-order valence-corrected chi connectivity index (χ1v) is 8.82. The van der Waals surface area contributed by atoms with E-state index in [0.29, 0.717) is 21.1 Å². The van der Waals surface area contributed by atoms with E-state index in [-0.39, 0.29) is 24.0 Å². The second-order valence-corrected chi connectivity index (χ2v) is 6.91. The van der Waals surface area contributed by atoms with Crippen molar-refractivity contribution in [2.24, 2.45) is 0 Å². The number of hydrogen-bond acceptors (Lipinski definition) is 7. The van der Waals surface area contributed by atoms with E-state index < -0.39 is 4.92 Å². The molecular formula is C18H17N3O5S. The van der Waals surface area contributed by atoms with E-state index in [0.717, 1.165) is 22.5 Å². The zero-order valence-electron chi connectivity index (χ0n) is 14.9. The van der Waals surface area contributed by atoms with Crippen molar-refractivity contribution >= 4 is 38.3 Å². The Morgan fingerprint density at radius 1 is 1.26 bits per heavy atom. The molecule has 0 saturated carbocycles. The number of nitrogens with one attached hydrogen (secondary N) is 1.